The summed E-state index contributed by atoms with van der Waals surface area (Å²) in [6.45, 7) is 7.29. The molecule has 0 aliphatic carbocycles. The Hall–Kier alpha value is -3.68. The molecule has 0 fully saturated rings. The van der Waals surface area contributed by atoms with E-state index in [1.54, 1.807) is 0 Å². The van der Waals surface area contributed by atoms with Gasteiger partial charge >= 0.3 is 0 Å². The summed E-state index contributed by atoms with van der Waals surface area (Å²) in [6, 6.07) is 42.5. The molecular formula is C33H28Si. The average Bonchev–Trinajstić information content (AvgIpc) is 2.86. The minimum absolute atomic E-state index is 1.27. The fourth-order valence-corrected chi connectivity index (χ4v) is 6.99. The van der Waals surface area contributed by atoms with E-state index in [0.29, 0.717) is 0 Å². The van der Waals surface area contributed by atoms with Gasteiger partial charge in [-0.15, -0.1) is 0 Å². The van der Waals surface area contributed by atoms with Gasteiger partial charge in [0.05, 0.1) is 8.07 Å². The first-order chi connectivity index (χ1) is 16.5. The van der Waals surface area contributed by atoms with Gasteiger partial charge in [0, 0.05) is 0 Å². The Balaban J connectivity index is 1.63. The van der Waals surface area contributed by atoms with Gasteiger partial charge in [-0.05, 0) is 66.7 Å². The Morgan fingerprint density at radius 1 is 0.441 bits per heavy atom. The van der Waals surface area contributed by atoms with E-state index in [9.17, 15) is 0 Å². The van der Waals surface area contributed by atoms with Crippen molar-refractivity contribution in [3.63, 3.8) is 0 Å². The molecule has 0 N–H and O–H groups in total. The Kier molecular flexibility index (Phi) is 4.90. The molecule has 164 valence electrons. The van der Waals surface area contributed by atoms with E-state index in [4.69, 9.17) is 0 Å². The smallest absolute Gasteiger partial charge is 0.0656 e. The van der Waals surface area contributed by atoms with Crippen LogP contribution in [0.25, 0.3) is 54.6 Å². The maximum atomic E-state index is 2.43. The van der Waals surface area contributed by atoms with Crippen LogP contribution >= 0.6 is 0 Å². The second kappa shape index (κ2) is 7.97. The predicted octanol–water partition coefficient (Wildman–Crippen LogP) is 9.03. The fraction of sp³-hybridized carbons (Fsp3) is 0.0909. The van der Waals surface area contributed by atoms with Crippen LogP contribution in [0.1, 0.15) is 0 Å². The number of hydrogen-bond donors (Lipinski definition) is 0. The zero-order valence-electron chi connectivity index (χ0n) is 20.0. The van der Waals surface area contributed by atoms with Crippen LogP contribution in [0, 0.1) is 0 Å². The summed E-state index contributed by atoms with van der Waals surface area (Å²) in [7, 11) is -1.44. The van der Waals surface area contributed by atoms with Crippen LogP contribution in [0.15, 0.2) is 115 Å². The van der Waals surface area contributed by atoms with E-state index >= 15 is 0 Å². The first-order valence-electron chi connectivity index (χ1n) is 12.0. The third-order valence-corrected chi connectivity index (χ3v) is 9.02. The van der Waals surface area contributed by atoms with Crippen LogP contribution < -0.4 is 5.19 Å². The third-order valence-electron chi connectivity index (χ3n) is 6.97. The highest BCUT2D eigenvalue weighted by atomic mass is 28.3. The van der Waals surface area contributed by atoms with Crippen LogP contribution in [0.2, 0.25) is 19.6 Å². The lowest BCUT2D eigenvalue weighted by molar-refractivity contribution is 1.66. The first-order valence-corrected chi connectivity index (χ1v) is 15.5. The molecular weight excluding hydrogens is 424 g/mol. The second-order valence-electron chi connectivity index (χ2n) is 10.2. The molecule has 0 aliphatic rings. The Morgan fingerprint density at radius 2 is 1.12 bits per heavy atom. The summed E-state index contributed by atoms with van der Waals surface area (Å²) in [5.74, 6) is 0. The molecule has 0 saturated heterocycles. The fourth-order valence-electron chi connectivity index (χ4n) is 5.37. The molecule has 0 heterocycles. The molecule has 0 aromatic heterocycles. The third kappa shape index (κ3) is 3.45. The van der Waals surface area contributed by atoms with Crippen molar-refractivity contribution in [1.82, 2.24) is 0 Å². The predicted molar refractivity (Wildman–Crippen MR) is 153 cm³/mol. The Morgan fingerprint density at radius 3 is 1.94 bits per heavy atom. The lowest BCUT2D eigenvalue weighted by Crippen LogP contribution is -2.37. The van der Waals surface area contributed by atoms with Gasteiger partial charge in [0.2, 0.25) is 0 Å². The molecule has 0 bridgehead atoms. The van der Waals surface area contributed by atoms with E-state index in [-0.39, 0.29) is 0 Å². The van der Waals surface area contributed by atoms with Crippen molar-refractivity contribution < 1.29 is 0 Å². The van der Waals surface area contributed by atoms with E-state index < -0.39 is 8.07 Å². The highest BCUT2D eigenvalue weighted by molar-refractivity contribution is 6.90. The maximum Gasteiger partial charge on any atom is 0.0784 e. The number of benzene rings is 6. The molecule has 6 aromatic rings. The zero-order chi connectivity index (χ0) is 23.3. The highest BCUT2D eigenvalue weighted by Gasteiger charge is 2.20. The molecule has 6 aromatic carbocycles. The molecule has 0 aliphatic heterocycles. The topological polar surface area (TPSA) is 0 Å². The summed E-state index contributed by atoms with van der Waals surface area (Å²) >= 11 is 0. The van der Waals surface area contributed by atoms with Crippen molar-refractivity contribution in [2.75, 3.05) is 0 Å². The largest absolute Gasteiger partial charge is 0.0784 e. The quantitative estimate of drug-likeness (QED) is 0.186. The van der Waals surface area contributed by atoms with Crippen LogP contribution in [0.3, 0.4) is 0 Å². The first kappa shape index (κ1) is 20.9. The lowest BCUT2D eigenvalue weighted by atomic mass is 9.90. The molecule has 0 radical (unpaired) electrons. The van der Waals surface area contributed by atoms with E-state index in [2.05, 4.69) is 135 Å². The minimum atomic E-state index is -1.44. The summed E-state index contributed by atoms with van der Waals surface area (Å²) in [5, 5.41) is 9.47. The van der Waals surface area contributed by atoms with Crippen LogP contribution in [0.4, 0.5) is 0 Å². The minimum Gasteiger partial charge on any atom is -0.0656 e. The van der Waals surface area contributed by atoms with Gasteiger partial charge in [-0.25, -0.2) is 0 Å². The monoisotopic (exact) mass is 452 g/mol. The van der Waals surface area contributed by atoms with Gasteiger partial charge in [0.15, 0.2) is 0 Å². The molecule has 6 rings (SSSR count). The van der Waals surface area contributed by atoms with Gasteiger partial charge in [-0.3, -0.25) is 0 Å². The summed E-state index contributed by atoms with van der Waals surface area (Å²) in [6.07, 6.45) is 0. The number of hydrogen-bond acceptors (Lipinski definition) is 0. The average molecular weight is 453 g/mol. The van der Waals surface area contributed by atoms with Gasteiger partial charge < -0.3 is 0 Å². The number of rotatable bonds is 3. The molecule has 0 unspecified atom stereocenters. The van der Waals surface area contributed by atoms with Gasteiger partial charge in [0.1, 0.15) is 0 Å². The second-order valence-corrected chi connectivity index (χ2v) is 15.3. The van der Waals surface area contributed by atoms with Crippen LogP contribution in [-0.4, -0.2) is 8.07 Å². The lowest BCUT2D eigenvalue weighted by Gasteiger charge is -2.20. The standard InChI is InChI=1S/C33H28Si/c1-34(2,3)32-18-10-16-30-27(15-9-17-31(30)32)25-19-20-29-26(22-25)21-24-13-7-8-14-28(24)33(29)23-11-5-4-6-12-23/h4-22H,1-3H3. The van der Waals surface area contributed by atoms with Crippen molar-refractivity contribution in [1.29, 1.82) is 0 Å². The molecule has 34 heavy (non-hydrogen) atoms. The molecule has 0 amide bonds. The molecule has 0 saturated carbocycles. The molecule has 1 heteroatoms. The van der Waals surface area contributed by atoms with E-state index in [1.807, 2.05) is 0 Å². The maximum absolute atomic E-state index is 2.43. The molecule has 0 atom stereocenters. The van der Waals surface area contributed by atoms with Gasteiger partial charge in [-0.2, -0.15) is 0 Å². The molecule has 0 spiro atoms. The van der Waals surface area contributed by atoms with Crippen molar-refractivity contribution in [3.05, 3.63) is 115 Å². The van der Waals surface area contributed by atoms with Crippen LogP contribution in [-0.2, 0) is 0 Å². The van der Waals surface area contributed by atoms with Crippen molar-refractivity contribution in [2.24, 2.45) is 0 Å². The SMILES string of the molecule is C[Si](C)(C)c1cccc2c(-c3ccc4c(-c5ccccc5)c5ccccc5cc4c3)cccc12. The molecule has 0 nitrogen and oxygen atoms in total. The van der Waals surface area contributed by atoms with Crippen molar-refractivity contribution in [3.8, 4) is 22.3 Å². The number of fused-ring (bicyclic) bond motifs is 3. The summed E-state index contributed by atoms with van der Waals surface area (Å²) in [4.78, 5) is 0. The zero-order valence-corrected chi connectivity index (χ0v) is 21.0. The summed E-state index contributed by atoms with van der Waals surface area (Å²) < 4.78 is 0. The van der Waals surface area contributed by atoms with Crippen LogP contribution in [0.5, 0.6) is 0 Å². The van der Waals surface area contributed by atoms with Crippen molar-refractivity contribution >= 4 is 45.6 Å². The Labute approximate surface area is 202 Å². The summed E-state index contributed by atoms with van der Waals surface area (Å²) in [5.41, 5.74) is 5.18. The van der Waals surface area contributed by atoms with Gasteiger partial charge in [0.25, 0.3) is 0 Å². The Bertz CT molecular complexity index is 1670. The van der Waals surface area contributed by atoms with Crippen molar-refractivity contribution in [2.45, 2.75) is 19.6 Å². The van der Waals surface area contributed by atoms with Gasteiger partial charge in [-0.1, -0.05) is 128 Å². The van der Waals surface area contributed by atoms with E-state index in [1.165, 1.54) is 59.8 Å². The normalized spacial score (nSPS) is 12.0. The highest BCUT2D eigenvalue weighted by Crippen LogP contribution is 2.39. The van der Waals surface area contributed by atoms with E-state index in [0.717, 1.165) is 0 Å².